The van der Waals surface area contributed by atoms with Gasteiger partial charge < -0.3 is 19.1 Å². The van der Waals surface area contributed by atoms with Crippen LogP contribution in [-0.2, 0) is 25.4 Å². The molecule has 0 radical (unpaired) electrons. The molecule has 278 valence electrons. The molecule has 7 heteroatoms. The fourth-order valence-corrected chi connectivity index (χ4v) is 5.33. The maximum atomic E-state index is 12.9. The van der Waals surface area contributed by atoms with Crippen LogP contribution in [0.25, 0.3) is 0 Å². The van der Waals surface area contributed by atoms with Gasteiger partial charge in [0.15, 0.2) is 0 Å². The van der Waals surface area contributed by atoms with Crippen LogP contribution in [0.1, 0.15) is 166 Å². The number of benzene rings is 1. The third-order valence-electron chi connectivity index (χ3n) is 8.23. The van der Waals surface area contributed by atoms with Crippen molar-refractivity contribution in [2.45, 2.75) is 162 Å². The van der Waals surface area contributed by atoms with Crippen molar-refractivity contribution in [1.29, 1.82) is 0 Å². The molecule has 0 fully saturated rings. The molecule has 1 amide bonds. The molecular formula is C42H69NO6. The molecule has 0 heterocycles. The molecule has 0 unspecified atom stereocenters. The van der Waals surface area contributed by atoms with E-state index in [1.54, 1.807) is 0 Å². The zero-order valence-electron chi connectivity index (χ0n) is 31.8. The molecule has 0 aliphatic heterocycles. The zero-order valence-corrected chi connectivity index (χ0v) is 31.8. The van der Waals surface area contributed by atoms with Crippen LogP contribution in [0.5, 0.6) is 0 Å². The number of allylic oxidation sites excluding steroid dienone is 2. The summed E-state index contributed by atoms with van der Waals surface area (Å²) in [5.41, 5.74) is 1.18. The topological polar surface area (TPSA) is 82.1 Å². The molecule has 0 atom stereocenters. The molecule has 0 spiro atoms. The highest BCUT2D eigenvalue weighted by Gasteiger charge is 2.21. The number of carbonyl (C=O) groups excluding carboxylic acids is 3. The second-order valence-corrected chi connectivity index (χ2v) is 14.1. The lowest BCUT2D eigenvalue weighted by molar-refractivity contribution is -0.142. The number of esters is 2. The number of aryl methyl sites for hydroxylation is 1. The Balaban J connectivity index is 2.31. The van der Waals surface area contributed by atoms with Crippen LogP contribution in [-0.4, -0.2) is 54.8 Å². The summed E-state index contributed by atoms with van der Waals surface area (Å²) >= 11 is 0. The lowest BCUT2D eigenvalue weighted by atomic mass is 10.1. The average molecular weight is 684 g/mol. The van der Waals surface area contributed by atoms with Gasteiger partial charge >= 0.3 is 18.0 Å². The minimum absolute atomic E-state index is 0.128. The second kappa shape index (κ2) is 28.7. The summed E-state index contributed by atoms with van der Waals surface area (Å²) in [6.07, 6.45) is 27.6. The molecule has 0 bridgehead atoms. The van der Waals surface area contributed by atoms with Crippen LogP contribution in [0.2, 0.25) is 0 Å². The summed E-state index contributed by atoms with van der Waals surface area (Å²) in [7, 11) is 0. The van der Waals surface area contributed by atoms with Crippen LogP contribution < -0.4 is 0 Å². The molecule has 49 heavy (non-hydrogen) atoms. The number of hydrogen-bond acceptors (Lipinski definition) is 6. The van der Waals surface area contributed by atoms with Crippen molar-refractivity contribution in [3.05, 3.63) is 59.7 Å². The van der Waals surface area contributed by atoms with E-state index in [0.29, 0.717) is 38.3 Å². The van der Waals surface area contributed by atoms with Gasteiger partial charge in [-0.05, 0) is 96.3 Å². The first kappa shape index (κ1) is 43.9. The molecular weight excluding hydrogens is 614 g/mol. The zero-order chi connectivity index (χ0) is 36.0. The monoisotopic (exact) mass is 684 g/mol. The van der Waals surface area contributed by atoms with Gasteiger partial charge in [-0.2, -0.15) is 0 Å². The minimum Gasteiger partial charge on any atom is -0.461 e. The maximum absolute atomic E-state index is 12.9. The predicted octanol–water partition coefficient (Wildman–Crippen LogP) is 11.3. The van der Waals surface area contributed by atoms with Crippen molar-refractivity contribution in [1.82, 2.24) is 4.90 Å². The Morgan fingerprint density at radius 1 is 0.633 bits per heavy atom. The molecule has 0 N–H and O–H groups in total. The first-order valence-electron chi connectivity index (χ1n) is 19.4. The maximum Gasteiger partial charge on any atom is 0.410 e. The number of unbranched alkanes of at least 4 members (excludes halogenated alkanes) is 13. The molecule has 0 aliphatic carbocycles. The lowest BCUT2D eigenvalue weighted by Crippen LogP contribution is -2.38. The summed E-state index contributed by atoms with van der Waals surface area (Å²) in [5.74, 6) is -0.429. The second-order valence-electron chi connectivity index (χ2n) is 14.1. The Morgan fingerprint density at radius 2 is 1.16 bits per heavy atom. The summed E-state index contributed by atoms with van der Waals surface area (Å²) < 4.78 is 16.4. The number of carbonyl (C=O) groups is 3. The van der Waals surface area contributed by atoms with Crippen molar-refractivity contribution in [3.8, 4) is 0 Å². The fraction of sp³-hybridized carbons (Fsp3) is 0.690. The molecule has 1 aromatic carbocycles. The summed E-state index contributed by atoms with van der Waals surface area (Å²) in [6, 6.07) is 7.63. The Kier molecular flexibility index (Phi) is 25.7. The van der Waals surface area contributed by atoms with Gasteiger partial charge in [-0.1, -0.05) is 108 Å². The molecule has 7 nitrogen and oxygen atoms in total. The van der Waals surface area contributed by atoms with E-state index in [0.717, 1.165) is 69.8 Å². The summed E-state index contributed by atoms with van der Waals surface area (Å²) in [5, 5.41) is 0. The van der Waals surface area contributed by atoms with Gasteiger partial charge in [0, 0.05) is 19.5 Å². The molecule has 0 saturated carbocycles. The number of nitrogens with zero attached hydrogens (tertiary/aromatic N) is 1. The molecule has 0 saturated heterocycles. The van der Waals surface area contributed by atoms with E-state index in [9.17, 15) is 14.4 Å². The average Bonchev–Trinajstić information content (AvgIpc) is 3.07. The SMILES string of the molecule is CCCCCC/C=C\COC(=O)CCCCCCCN(CCCCc1ccc(C(=O)OC/C=C\CCCCCC)cc1)C(=O)OC(C)(C)C. The van der Waals surface area contributed by atoms with Gasteiger partial charge in [-0.25, -0.2) is 9.59 Å². The smallest absolute Gasteiger partial charge is 0.410 e. The van der Waals surface area contributed by atoms with E-state index in [2.05, 4.69) is 26.0 Å². The van der Waals surface area contributed by atoms with Crippen LogP contribution in [0, 0.1) is 0 Å². The minimum atomic E-state index is -0.540. The van der Waals surface area contributed by atoms with Gasteiger partial charge in [0.25, 0.3) is 0 Å². The van der Waals surface area contributed by atoms with E-state index in [1.807, 2.05) is 62.1 Å². The van der Waals surface area contributed by atoms with Gasteiger partial charge in [0.2, 0.25) is 0 Å². The van der Waals surface area contributed by atoms with E-state index in [1.165, 1.54) is 51.4 Å². The highest BCUT2D eigenvalue weighted by Crippen LogP contribution is 2.15. The Hall–Kier alpha value is -3.09. The van der Waals surface area contributed by atoms with Crippen molar-refractivity contribution >= 4 is 18.0 Å². The van der Waals surface area contributed by atoms with Crippen molar-refractivity contribution < 1.29 is 28.6 Å². The number of amides is 1. The molecule has 1 aromatic rings. The standard InChI is InChI=1S/C42H69NO6/c1-6-8-10-12-14-19-25-35-47-39(44)28-21-17-16-18-23-33-43(41(46)49-42(3,4)5)34-24-22-27-37-29-31-38(32-30-37)40(45)48-36-26-20-15-13-11-9-7-2/h19-20,25-26,29-32H,6-18,21-24,27-28,33-36H2,1-5H3/b25-19-,26-20-. The van der Waals surface area contributed by atoms with Crippen LogP contribution >= 0.6 is 0 Å². The third kappa shape index (κ3) is 25.5. The Bertz CT molecular complexity index is 1060. The van der Waals surface area contributed by atoms with E-state index in [-0.39, 0.29) is 18.0 Å². The summed E-state index contributed by atoms with van der Waals surface area (Å²) in [6.45, 7) is 12.1. The number of hydrogen-bond donors (Lipinski definition) is 0. The Labute approximate surface area is 299 Å². The van der Waals surface area contributed by atoms with Gasteiger partial charge in [0.05, 0.1) is 5.56 Å². The summed E-state index contributed by atoms with van der Waals surface area (Å²) in [4.78, 5) is 39.1. The van der Waals surface area contributed by atoms with Gasteiger partial charge in [-0.15, -0.1) is 0 Å². The van der Waals surface area contributed by atoms with Crippen LogP contribution in [0.4, 0.5) is 4.79 Å². The number of ether oxygens (including phenoxy) is 3. The van der Waals surface area contributed by atoms with E-state index in [4.69, 9.17) is 14.2 Å². The van der Waals surface area contributed by atoms with Crippen molar-refractivity contribution in [2.24, 2.45) is 0 Å². The molecule has 0 aliphatic rings. The van der Waals surface area contributed by atoms with E-state index >= 15 is 0 Å². The Morgan fingerprint density at radius 3 is 1.76 bits per heavy atom. The highest BCUT2D eigenvalue weighted by atomic mass is 16.6. The van der Waals surface area contributed by atoms with Crippen molar-refractivity contribution in [2.75, 3.05) is 26.3 Å². The van der Waals surface area contributed by atoms with Crippen LogP contribution in [0.3, 0.4) is 0 Å². The predicted molar refractivity (Wildman–Crippen MR) is 202 cm³/mol. The first-order valence-corrected chi connectivity index (χ1v) is 19.4. The number of rotatable bonds is 28. The van der Waals surface area contributed by atoms with Crippen LogP contribution in [0.15, 0.2) is 48.6 Å². The molecule has 0 aromatic heterocycles. The molecule has 1 rings (SSSR count). The van der Waals surface area contributed by atoms with Gasteiger partial charge in [0.1, 0.15) is 18.8 Å². The van der Waals surface area contributed by atoms with Crippen molar-refractivity contribution in [3.63, 3.8) is 0 Å². The highest BCUT2D eigenvalue weighted by molar-refractivity contribution is 5.89. The fourth-order valence-electron chi connectivity index (χ4n) is 5.33. The normalized spacial score (nSPS) is 11.7. The largest absolute Gasteiger partial charge is 0.461 e. The quantitative estimate of drug-likeness (QED) is 0.0378. The first-order chi connectivity index (χ1) is 23.7. The third-order valence-corrected chi connectivity index (χ3v) is 8.23. The van der Waals surface area contributed by atoms with E-state index < -0.39 is 5.60 Å². The lowest BCUT2D eigenvalue weighted by Gasteiger charge is -2.27. The van der Waals surface area contributed by atoms with Gasteiger partial charge in [-0.3, -0.25) is 4.79 Å².